The molecule has 8 heteroatoms. The van der Waals surface area contributed by atoms with Gasteiger partial charge in [0.25, 0.3) is 0 Å². The topological polar surface area (TPSA) is 101 Å². The maximum atomic E-state index is 4.37. The van der Waals surface area contributed by atoms with Crippen LogP contribution >= 0.6 is 0 Å². The molecule has 3 heterocycles. The fraction of sp³-hybridized carbons (Fsp3) is 0.364. The molecule has 0 atom stereocenters. The minimum absolute atomic E-state index is 0.734. The van der Waals surface area contributed by atoms with Gasteiger partial charge < -0.3 is 9.55 Å². The summed E-state index contributed by atoms with van der Waals surface area (Å²) in [5.41, 5.74) is 1.91. The quantitative estimate of drug-likeness (QED) is 0.702. The van der Waals surface area contributed by atoms with Crippen LogP contribution in [0.5, 0.6) is 0 Å². The Labute approximate surface area is 109 Å². The highest BCUT2D eigenvalue weighted by Crippen LogP contribution is 2.18. The molecule has 0 radical (unpaired) electrons. The first-order valence-corrected chi connectivity index (χ1v) is 6.08. The Morgan fingerprint density at radius 2 is 2.26 bits per heavy atom. The number of aryl methyl sites for hydroxylation is 3. The SMILES string of the molecule is Cc1[nH]cnc1-c1nccn1CCCc1nn[nH]n1. The van der Waals surface area contributed by atoms with Crippen LogP contribution in [0.2, 0.25) is 0 Å². The van der Waals surface area contributed by atoms with Gasteiger partial charge in [0.1, 0.15) is 5.69 Å². The van der Waals surface area contributed by atoms with Crippen molar-refractivity contribution in [2.45, 2.75) is 26.3 Å². The molecule has 0 saturated carbocycles. The molecule has 3 aromatic heterocycles. The first-order valence-electron chi connectivity index (χ1n) is 6.08. The summed E-state index contributed by atoms with van der Waals surface area (Å²) < 4.78 is 2.09. The van der Waals surface area contributed by atoms with Crippen LogP contribution < -0.4 is 0 Å². The van der Waals surface area contributed by atoms with Crippen LogP contribution in [0.25, 0.3) is 11.5 Å². The lowest BCUT2D eigenvalue weighted by molar-refractivity contribution is 0.633. The predicted octanol–water partition coefficient (Wildman–Crippen LogP) is 0.728. The molecule has 19 heavy (non-hydrogen) atoms. The Kier molecular flexibility index (Phi) is 3.05. The Balaban J connectivity index is 1.69. The van der Waals surface area contributed by atoms with Gasteiger partial charge in [-0.2, -0.15) is 5.21 Å². The monoisotopic (exact) mass is 258 g/mol. The van der Waals surface area contributed by atoms with E-state index in [1.807, 2.05) is 13.1 Å². The average Bonchev–Trinajstić information content (AvgIpc) is 3.10. The smallest absolute Gasteiger partial charge is 0.174 e. The summed E-state index contributed by atoms with van der Waals surface area (Å²) in [6, 6.07) is 0. The highest BCUT2D eigenvalue weighted by atomic mass is 15.5. The second-order valence-electron chi connectivity index (χ2n) is 4.25. The molecule has 0 saturated heterocycles. The summed E-state index contributed by atoms with van der Waals surface area (Å²) in [6.45, 7) is 2.83. The van der Waals surface area contributed by atoms with Crippen LogP contribution in [-0.4, -0.2) is 40.1 Å². The van der Waals surface area contributed by atoms with Gasteiger partial charge in [0.15, 0.2) is 11.6 Å². The highest BCUT2D eigenvalue weighted by Gasteiger charge is 2.11. The first kappa shape index (κ1) is 11.6. The van der Waals surface area contributed by atoms with Gasteiger partial charge in [0.2, 0.25) is 0 Å². The molecule has 0 aliphatic heterocycles. The van der Waals surface area contributed by atoms with E-state index >= 15 is 0 Å². The lowest BCUT2D eigenvalue weighted by Crippen LogP contribution is -2.02. The molecular weight excluding hydrogens is 244 g/mol. The van der Waals surface area contributed by atoms with Crippen LogP contribution in [0, 0.1) is 6.92 Å². The van der Waals surface area contributed by atoms with Crippen molar-refractivity contribution in [1.29, 1.82) is 0 Å². The molecule has 3 rings (SSSR count). The van der Waals surface area contributed by atoms with Crippen LogP contribution in [0.3, 0.4) is 0 Å². The fourth-order valence-electron chi connectivity index (χ4n) is 1.99. The summed E-state index contributed by atoms with van der Waals surface area (Å²) in [6.07, 6.45) is 7.14. The number of tetrazole rings is 1. The number of imidazole rings is 2. The fourth-order valence-corrected chi connectivity index (χ4v) is 1.99. The zero-order valence-electron chi connectivity index (χ0n) is 10.5. The van der Waals surface area contributed by atoms with E-state index in [1.165, 1.54) is 0 Å². The normalized spacial score (nSPS) is 11.0. The number of nitrogens with one attached hydrogen (secondary N) is 2. The van der Waals surface area contributed by atoms with Gasteiger partial charge in [-0.1, -0.05) is 5.21 Å². The van der Waals surface area contributed by atoms with Crippen molar-refractivity contribution < 1.29 is 0 Å². The second kappa shape index (κ2) is 5.01. The summed E-state index contributed by atoms with van der Waals surface area (Å²) in [5.74, 6) is 1.62. The molecular formula is C11H14N8. The van der Waals surface area contributed by atoms with Gasteiger partial charge in [-0.05, 0) is 13.3 Å². The molecule has 0 amide bonds. The average molecular weight is 258 g/mol. The van der Waals surface area contributed by atoms with Crippen molar-refractivity contribution in [2.24, 2.45) is 0 Å². The lowest BCUT2D eigenvalue weighted by atomic mass is 10.3. The van der Waals surface area contributed by atoms with Gasteiger partial charge in [-0.25, -0.2) is 9.97 Å². The number of H-pyrrole nitrogens is 2. The van der Waals surface area contributed by atoms with Crippen LogP contribution in [0.15, 0.2) is 18.7 Å². The third-order valence-corrected chi connectivity index (χ3v) is 2.95. The number of aromatic amines is 2. The minimum atomic E-state index is 0.734. The van der Waals surface area contributed by atoms with Crippen molar-refractivity contribution in [3.63, 3.8) is 0 Å². The Hall–Kier alpha value is -2.51. The number of aromatic nitrogens is 8. The molecule has 0 bridgehead atoms. The number of rotatable bonds is 5. The minimum Gasteiger partial charge on any atom is -0.348 e. The van der Waals surface area contributed by atoms with Crippen molar-refractivity contribution in [1.82, 2.24) is 40.1 Å². The third-order valence-electron chi connectivity index (χ3n) is 2.95. The Bertz CT molecular complexity index is 635. The maximum Gasteiger partial charge on any atom is 0.174 e. The number of hydrogen-bond donors (Lipinski definition) is 2. The van der Waals surface area contributed by atoms with Gasteiger partial charge in [-0.15, -0.1) is 10.2 Å². The van der Waals surface area contributed by atoms with Crippen molar-refractivity contribution in [2.75, 3.05) is 0 Å². The van der Waals surface area contributed by atoms with Crippen molar-refractivity contribution >= 4 is 0 Å². The molecule has 8 nitrogen and oxygen atoms in total. The molecule has 0 aromatic carbocycles. The zero-order chi connectivity index (χ0) is 13.1. The molecule has 0 spiro atoms. The van der Waals surface area contributed by atoms with E-state index in [9.17, 15) is 0 Å². The highest BCUT2D eigenvalue weighted by molar-refractivity contribution is 5.52. The van der Waals surface area contributed by atoms with E-state index in [0.29, 0.717) is 0 Å². The van der Waals surface area contributed by atoms with E-state index < -0.39 is 0 Å². The maximum absolute atomic E-state index is 4.37. The van der Waals surface area contributed by atoms with E-state index in [1.54, 1.807) is 12.5 Å². The first-order chi connectivity index (χ1) is 9.34. The van der Waals surface area contributed by atoms with Gasteiger partial charge in [0.05, 0.1) is 6.33 Å². The molecule has 2 N–H and O–H groups in total. The molecule has 0 aliphatic carbocycles. The second-order valence-corrected chi connectivity index (χ2v) is 4.25. The number of nitrogens with zero attached hydrogens (tertiary/aromatic N) is 6. The van der Waals surface area contributed by atoms with E-state index in [2.05, 4.69) is 40.1 Å². The molecule has 0 fully saturated rings. The van der Waals surface area contributed by atoms with E-state index in [0.717, 1.165) is 42.4 Å². The molecule has 0 aliphatic rings. The van der Waals surface area contributed by atoms with Crippen molar-refractivity contribution in [3.05, 3.63) is 30.2 Å². The lowest BCUT2D eigenvalue weighted by Gasteiger charge is -2.05. The van der Waals surface area contributed by atoms with Crippen molar-refractivity contribution in [3.8, 4) is 11.5 Å². The van der Waals surface area contributed by atoms with Crippen LogP contribution in [-0.2, 0) is 13.0 Å². The zero-order valence-corrected chi connectivity index (χ0v) is 10.5. The van der Waals surface area contributed by atoms with E-state index in [-0.39, 0.29) is 0 Å². The van der Waals surface area contributed by atoms with Gasteiger partial charge in [-0.3, -0.25) is 0 Å². The summed E-state index contributed by atoms with van der Waals surface area (Å²) >= 11 is 0. The molecule has 0 unspecified atom stereocenters. The third kappa shape index (κ3) is 2.37. The van der Waals surface area contributed by atoms with Gasteiger partial charge >= 0.3 is 0 Å². The summed E-state index contributed by atoms with van der Waals surface area (Å²) in [4.78, 5) is 11.7. The number of hydrogen-bond acceptors (Lipinski definition) is 5. The van der Waals surface area contributed by atoms with Crippen LogP contribution in [0.1, 0.15) is 17.9 Å². The standard InChI is InChI=1S/C11H14N8/c1-8-10(14-7-13-8)11-12-4-6-19(11)5-2-3-9-15-17-18-16-9/h4,6-7H,2-3,5H2,1H3,(H,13,14)(H,15,16,17,18). The summed E-state index contributed by atoms with van der Waals surface area (Å²) in [5, 5.41) is 13.9. The molecule has 98 valence electrons. The van der Waals surface area contributed by atoms with Gasteiger partial charge in [0, 0.05) is 31.1 Å². The van der Waals surface area contributed by atoms with Crippen LogP contribution in [0.4, 0.5) is 0 Å². The largest absolute Gasteiger partial charge is 0.348 e. The Morgan fingerprint density at radius 3 is 3.00 bits per heavy atom. The summed E-state index contributed by atoms with van der Waals surface area (Å²) in [7, 11) is 0. The predicted molar refractivity (Wildman–Crippen MR) is 67.0 cm³/mol. The van der Waals surface area contributed by atoms with E-state index in [4.69, 9.17) is 0 Å². The Morgan fingerprint density at radius 1 is 1.32 bits per heavy atom. The molecule has 3 aromatic rings.